The molecule has 3 rings (SSSR count). The van der Waals surface area contributed by atoms with E-state index in [-0.39, 0.29) is 5.92 Å². The first-order valence-electron chi connectivity index (χ1n) is 7.97. The zero-order valence-electron chi connectivity index (χ0n) is 12.4. The van der Waals surface area contributed by atoms with Crippen molar-refractivity contribution < 1.29 is 4.79 Å². The largest absolute Gasteiger partial charge is 0.299 e. The second-order valence-corrected chi connectivity index (χ2v) is 6.02. The van der Waals surface area contributed by atoms with Gasteiger partial charge in [-0.3, -0.25) is 4.79 Å². The fourth-order valence-corrected chi connectivity index (χ4v) is 3.42. The maximum absolute atomic E-state index is 12.2. The fourth-order valence-electron chi connectivity index (χ4n) is 3.42. The predicted octanol–water partition coefficient (Wildman–Crippen LogP) is 4.97. The summed E-state index contributed by atoms with van der Waals surface area (Å²) in [7, 11) is 0. The smallest absolute Gasteiger partial charge is 0.136 e. The van der Waals surface area contributed by atoms with Gasteiger partial charge in [0.1, 0.15) is 5.78 Å². The van der Waals surface area contributed by atoms with Gasteiger partial charge in [-0.1, -0.05) is 67.1 Å². The maximum atomic E-state index is 12.2. The second kappa shape index (κ2) is 6.71. The highest BCUT2D eigenvalue weighted by atomic mass is 16.1. The van der Waals surface area contributed by atoms with Gasteiger partial charge < -0.3 is 0 Å². The van der Waals surface area contributed by atoms with Crippen LogP contribution < -0.4 is 0 Å². The van der Waals surface area contributed by atoms with Gasteiger partial charge in [-0.05, 0) is 30.4 Å². The van der Waals surface area contributed by atoms with Crippen molar-refractivity contribution in [3.05, 3.63) is 71.8 Å². The van der Waals surface area contributed by atoms with Crippen LogP contribution in [0.15, 0.2) is 60.7 Å². The van der Waals surface area contributed by atoms with Crippen LogP contribution >= 0.6 is 0 Å². The minimum absolute atomic E-state index is 0.240. The van der Waals surface area contributed by atoms with Gasteiger partial charge in [0.2, 0.25) is 0 Å². The molecule has 0 spiro atoms. The molecule has 1 nitrogen and oxygen atoms in total. The molecule has 0 heterocycles. The van der Waals surface area contributed by atoms with Gasteiger partial charge in [-0.25, -0.2) is 0 Å². The maximum Gasteiger partial charge on any atom is 0.136 e. The van der Waals surface area contributed by atoms with Gasteiger partial charge in [0, 0.05) is 18.3 Å². The average molecular weight is 278 g/mol. The number of ketones is 1. The molecule has 0 amide bonds. The standard InChI is InChI=1S/C20H22O/c21-20-14-8-7-13-18(20)15-19(16-9-3-1-4-10-16)17-11-5-2-6-12-17/h1-6,9-12,18-19H,7-8,13-15H2. The van der Waals surface area contributed by atoms with E-state index < -0.39 is 0 Å². The molecule has 1 aliphatic carbocycles. The van der Waals surface area contributed by atoms with E-state index in [0.717, 1.165) is 25.7 Å². The monoisotopic (exact) mass is 278 g/mol. The molecule has 1 saturated carbocycles. The van der Waals surface area contributed by atoms with Crippen molar-refractivity contribution in [1.29, 1.82) is 0 Å². The number of hydrogen-bond donors (Lipinski definition) is 0. The van der Waals surface area contributed by atoms with E-state index >= 15 is 0 Å². The molecule has 0 radical (unpaired) electrons. The summed E-state index contributed by atoms with van der Waals surface area (Å²) in [4.78, 5) is 12.2. The molecule has 108 valence electrons. The Morgan fingerprint density at radius 3 is 1.95 bits per heavy atom. The molecule has 0 N–H and O–H groups in total. The molecule has 0 aliphatic heterocycles. The fraction of sp³-hybridized carbons (Fsp3) is 0.350. The lowest BCUT2D eigenvalue weighted by atomic mass is 9.77. The van der Waals surface area contributed by atoms with Crippen molar-refractivity contribution >= 4 is 5.78 Å². The molecule has 1 atom stereocenters. The molecule has 1 aliphatic rings. The van der Waals surface area contributed by atoms with Crippen LogP contribution in [0.4, 0.5) is 0 Å². The first-order valence-corrected chi connectivity index (χ1v) is 7.97. The van der Waals surface area contributed by atoms with Gasteiger partial charge >= 0.3 is 0 Å². The van der Waals surface area contributed by atoms with Gasteiger partial charge in [-0.2, -0.15) is 0 Å². The molecular weight excluding hydrogens is 256 g/mol. The summed E-state index contributed by atoms with van der Waals surface area (Å²) in [6.07, 6.45) is 5.08. The molecule has 2 aromatic carbocycles. The van der Waals surface area contributed by atoms with E-state index in [0.29, 0.717) is 11.7 Å². The first-order chi connectivity index (χ1) is 10.3. The Balaban J connectivity index is 1.88. The number of hydrogen-bond acceptors (Lipinski definition) is 1. The van der Waals surface area contributed by atoms with Crippen LogP contribution in [0.1, 0.15) is 49.1 Å². The molecule has 0 aromatic heterocycles. The zero-order valence-corrected chi connectivity index (χ0v) is 12.4. The molecule has 21 heavy (non-hydrogen) atoms. The van der Waals surface area contributed by atoms with Crippen LogP contribution in [0.2, 0.25) is 0 Å². The molecule has 0 saturated heterocycles. The average Bonchev–Trinajstić information content (AvgIpc) is 2.56. The molecule has 1 unspecified atom stereocenters. The Bertz CT molecular complexity index is 534. The highest BCUT2D eigenvalue weighted by Gasteiger charge is 2.26. The Morgan fingerprint density at radius 1 is 0.857 bits per heavy atom. The Hall–Kier alpha value is -1.89. The highest BCUT2D eigenvalue weighted by Crippen LogP contribution is 2.35. The SMILES string of the molecule is O=C1CCCCC1CC(c1ccccc1)c1ccccc1. The topological polar surface area (TPSA) is 17.1 Å². The predicted molar refractivity (Wildman–Crippen MR) is 86.3 cm³/mol. The van der Waals surface area contributed by atoms with E-state index in [2.05, 4.69) is 60.7 Å². The van der Waals surface area contributed by atoms with Crippen LogP contribution in [0, 0.1) is 5.92 Å². The number of carbonyl (C=O) groups excluding carboxylic acids is 1. The van der Waals surface area contributed by atoms with Crippen molar-refractivity contribution in [2.75, 3.05) is 0 Å². The Labute approximate surface area is 127 Å². The van der Waals surface area contributed by atoms with Crippen LogP contribution in [-0.2, 0) is 4.79 Å². The van der Waals surface area contributed by atoms with Gasteiger partial charge in [0.15, 0.2) is 0 Å². The van der Waals surface area contributed by atoms with E-state index in [9.17, 15) is 4.79 Å². The van der Waals surface area contributed by atoms with Crippen LogP contribution in [-0.4, -0.2) is 5.78 Å². The summed E-state index contributed by atoms with van der Waals surface area (Å²) >= 11 is 0. The highest BCUT2D eigenvalue weighted by molar-refractivity contribution is 5.81. The molecule has 1 fully saturated rings. The van der Waals surface area contributed by atoms with E-state index in [4.69, 9.17) is 0 Å². The van der Waals surface area contributed by atoms with Gasteiger partial charge in [-0.15, -0.1) is 0 Å². The van der Waals surface area contributed by atoms with Crippen molar-refractivity contribution in [2.24, 2.45) is 5.92 Å². The van der Waals surface area contributed by atoms with Crippen molar-refractivity contribution in [1.82, 2.24) is 0 Å². The minimum atomic E-state index is 0.240. The van der Waals surface area contributed by atoms with Crippen LogP contribution in [0.3, 0.4) is 0 Å². The molecular formula is C20H22O. The third-order valence-electron chi connectivity index (χ3n) is 4.61. The minimum Gasteiger partial charge on any atom is -0.299 e. The van der Waals surface area contributed by atoms with Gasteiger partial charge in [0.25, 0.3) is 0 Å². The third-order valence-corrected chi connectivity index (χ3v) is 4.61. The number of Topliss-reactive ketones (excluding diaryl/α,β-unsaturated/α-hetero) is 1. The molecule has 1 heteroatoms. The van der Waals surface area contributed by atoms with Crippen molar-refractivity contribution in [3.8, 4) is 0 Å². The van der Waals surface area contributed by atoms with E-state index in [1.807, 2.05) is 0 Å². The first kappa shape index (κ1) is 14.1. The molecule has 0 bridgehead atoms. The lowest BCUT2D eigenvalue weighted by Crippen LogP contribution is -2.21. The third kappa shape index (κ3) is 3.41. The molecule has 2 aromatic rings. The lowest BCUT2D eigenvalue weighted by molar-refractivity contribution is -0.124. The number of benzene rings is 2. The summed E-state index contributed by atoms with van der Waals surface area (Å²) in [5.41, 5.74) is 2.64. The van der Waals surface area contributed by atoms with Crippen LogP contribution in [0.5, 0.6) is 0 Å². The number of carbonyl (C=O) groups is 1. The second-order valence-electron chi connectivity index (χ2n) is 6.02. The normalized spacial score (nSPS) is 18.9. The Morgan fingerprint density at radius 2 is 1.43 bits per heavy atom. The summed E-state index contributed by atoms with van der Waals surface area (Å²) < 4.78 is 0. The van der Waals surface area contributed by atoms with E-state index in [1.165, 1.54) is 17.5 Å². The Kier molecular flexibility index (Phi) is 4.49. The van der Waals surface area contributed by atoms with Crippen LogP contribution in [0.25, 0.3) is 0 Å². The summed E-state index contributed by atoms with van der Waals surface area (Å²) in [6, 6.07) is 21.2. The number of rotatable bonds is 4. The zero-order chi connectivity index (χ0) is 14.5. The summed E-state index contributed by atoms with van der Waals surface area (Å²) in [6.45, 7) is 0. The van der Waals surface area contributed by atoms with Crippen molar-refractivity contribution in [3.63, 3.8) is 0 Å². The summed E-state index contributed by atoms with van der Waals surface area (Å²) in [5, 5.41) is 0. The van der Waals surface area contributed by atoms with Crippen molar-refractivity contribution in [2.45, 2.75) is 38.0 Å². The summed E-state index contributed by atoms with van der Waals surface area (Å²) in [5.74, 6) is 1.04. The van der Waals surface area contributed by atoms with Gasteiger partial charge in [0.05, 0.1) is 0 Å². The quantitative estimate of drug-likeness (QED) is 0.772. The van der Waals surface area contributed by atoms with E-state index in [1.54, 1.807) is 0 Å². The lowest BCUT2D eigenvalue weighted by Gasteiger charge is -2.26.